The van der Waals surface area contributed by atoms with E-state index in [1.807, 2.05) is 18.2 Å². The molecule has 2 heterocycles. The number of carbonyl (C=O) groups is 1. The van der Waals surface area contributed by atoms with Crippen molar-refractivity contribution >= 4 is 11.6 Å². The van der Waals surface area contributed by atoms with Crippen molar-refractivity contribution in [1.82, 2.24) is 4.98 Å². The molecule has 0 unspecified atom stereocenters. The molecule has 0 aliphatic carbocycles. The summed E-state index contributed by atoms with van der Waals surface area (Å²) in [6.07, 6.45) is 4.51. The summed E-state index contributed by atoms with van der Waals surface area (Å²) in [4.78, 5) is 29.5. The second-order valence-corrected chi connectivity index (χ2v) is 5.44. The van der Waals surface area contributed by atoms with E-state index < -0.39 is 0 Å². The quantitative estimate of drug-likeness (QED) is 0.874. The van der Waals surface area contributed by atoms with Gasteiger partial charge in [-0.3, -0.25) is 9.59 Å². The van der Waals surface area contributed by atoms with Crippen LogP contribution in [0.4, 0.5) is 5.69 Å². The SMILES string of the molecule is Cc1cc(=O)c(C(=O)N2CCCCc3ccccc32)c[nH]1. The largest absolute Gasteiger partial charge is 0.364 e. The Labute approximate surface area is 123 Å². The smallest absolute Gasteiger partial charge is 0.263 e. The molecule has 1 amide bonds. The number of aromatic nitrogens is 1. The van der Waals surface area contributed by atoms with Crippen molar-refractivity contribution < 1.29 is 4.79 Å². The first-order valence-electron chi connectivity index (χ1n) is 7.26. The Kier molecular flexibility index (Phi) is 3.60. The van der Waals surface area contributed by atoms with E-state index in [9.17, 15) is 9.59 Å². The zero-order valence-electron chi connectivity index (χ0n) is 12.1. The summed E-state index contributed by atoms with van der Waals surface area (Å²) >= 11 is 0. The number of rotatable bonds is 1. The highest BCUT2D eigenvalue weighted by Gasteiger charge is 2.23. The molecule has 2 aromatic rings. The number of pyridine rings is 1. The molecule has 3 rings (SSSR count). The van der Waals surface area contributed by atoms with E-state index >= 15 is 0 Å². The summed E-state index contributed by atoms with van der Waals surface area (Å²) in [6, 6.07) is 9.41. The molecule has 4 heteroatoms. The Morgan fingerprint density at radius 3 is 2.86 bits per heavy atom. The summed E-state index contributed by atoms with van der Waals surface area (Å²) in [7, 11) is 0. The van der Waals surface area contributed by atoms with Gasteiger partial charge in [0.05, 0.1) is 0 Å². The molecular formula is C17H18N2O2. The van der Waals surface area contributed by atoms with Crippen LogP contribution in [0.2, 0.25) is 0 Å². The Bertz CT molecular complexity index is 734. The van der Waals surface area contributed by atoms with Crippen LogP contribution in [0.3, 0.4) is 0 Å². The molecule has 1 aliphatic rings. The number of amides is 1. The molecule has 0 saturated carbocycles. The molecule has 0 bridgehead atoms. The maximum absolute atomic E-state index is 12.8. The van der Waals surface area contributed by atoms with Crippen LogP contribution in [0, 0.1) is 6.92 Å². The molecule has 108 valence electrons. The van der Waals surface area contributed by atoms with Crippen LogP contribution in [-0.2, 0) is 6.42 Å². The highest BCUT2D eigenvalue weighted by atomic mass is 16.2. The fourth-order valence-corrected chi connectivity index (χ4v) is 2.79. The first kappa shape index (κ1) is 13.6. The van der Waals surface area contributed by atoms with Crippen molar-refractivity contribution in [2.45, 2.75) is 26.2 Å². The lowest BCUT2D eigenvalue weighted by Gasteiger charge is -2.22. The Balaban J connectivity index is 2.03. The van der Waals surface area contributed by atoms with Crippen molar-refractivity contribution in [3.63, 3.8) is 0 Å². The predicted molar refractivity (Wildman–Crippen MR) is 82.9 cm³/mol. The minimum atomic E-state index is -0.224. The third kappa shape index (κ3) is 2.61. The van der Waals surface area contributed by atoms with Crippen molar-refractivity contribution in [1.29, 1.82) is 0 Å². The molecule has 0 fully saturated rings. The van der Waals surface area contributed by atoms with Gasteiger partial charge in [0.1, 0.15) is 5.56 Å². The number of benzene rings is 1. The number of hydrogen-bond acceptors (Lipinski definition) is 2. The number of aryl methyl sites for hydroxylation is 2. The van der Waals surface area contributed by atoms with Gasteiger partial charge < -0.3 is 9.88 Å². The van der Waals surface area contributed by atoms with E-state index in [1.165, 1.54) is 17.8 Å². The van der Waals surface area contributed by atoms with E-state index in [0.717, 1.165) is 30.6 Å². The van der Waals surface area contributed by atoms with E-state index in [-0.39, 0.29) is 16.9 Å². The fourth-order valence-electron chi connectivity index (χ4n) is 2.79. The molecule has 0 spiro atoms. The normalized spacial score (nSPS) is 14.4. The first-order valence-corrected chi connectivity index (χ1v) is 7.26. The van der Waals surface area contributed by atoms with E-state index in [2.05, 4.69) is 11.1 Å². The van der Waals surface area contributed by atoms with Gasteiger partial charge in [-0.2, -0.15) is 0 Å². The Morgan fingerprint density at radius 1 is 1.24 bits per heavy atom. The number of anilines is 1. The number of H-pyrrole nitrogens is 1. The van der Waals surface area contributed by atoms with E-state index in [4.69, 9.17) is 0 Å². The average Bonchev–Trinajstić information content (AvgIpc) is 2.69. The van der Waals surface area contributed by atoms with Crippen LogP contribution in [-0.4, -0.2) is 17.4 Å². The standard InChI is InChI=1S/C17H18N2O2/c1-12-10-16(20)14(11-18-12)17(21)19-9-5-4-7-13-6-2-3-8-15(13)19/h2-3,6,8,10-11H,4-5,7,9H2,1H3,(H,18,20). The minimum Gasteiger partial charge on any atom is -0.364 e. The Morgan fingerprint density at radius 2 is 2.05 bits per heavy atom. The van der Waals surface area contributed by atoms with Gasteiger partial charge in [0.25, 0.3) is 5.91 Å². The number of para-hydroxylation sites is 1. The summed E-state index contributed by atoms with van der Waals surface area (Å²) in [5, 5.41) is 0. The van der Waals surface area contributed by atoms with Gasteiger partial charge in [-0.1, -0.05) is 18.2 Å². The predicted octanol–water partition coefficient (Wildman–Crippen LogP) is 2.67. The van der Waals surface area contributed by atoms with Crippen LogP contribution in [0.5, 0.6) is 0 Å². The van der Waals surface area contributed by atoms with Crippen LogP contribution in [0.15, 0.2) is 41.3 Å². The topological polar surface area (TPSA) is 53.2 Å². The van der Waals surface area contributed by atoms with E-state index in [0.29, 0.717) is 6.54 Å². The average molecular weight is 282 g/mol. The summed E-state index contributed by atoms with van der Waals surface area (Å²) < 4.78 is 0. The monoisotopic (exact) mass is 282 g/mol. The van der Waals surface area contributed by atoms with Gasteiger partial charge in [-0.15, -0.1) is 0 Å². The molecule has 1 N–H and O–H groups in total. The molecule has 1 aromatic heterocycles. The molecule has 0 atom stereocenters. The fraction of sp³-hybridized carbons (Fsp3) is 0.294. The second kappa shape index (κ2) is 5.56. The molecular weight excluding hydrogens is 264 g/mol. The highest BCUT2D eigenvalue weighted by Crippen LogP contribution is 2.26. The number of nitrogens with one attached hydrogen (secondary N) is 1. The third-order valence-electron chi connectivity index (χ3n) is 3.89. The summed E-state index contributed by atoms with van der Waals surface area (Å²) in [5.74, 6) is -0.217. The molecule has 4 nitrogen and oxygen atoms in total. The van der Waals surface area contributed by atoms with Crippen LogP contribution >= 0.6 is 0 Å². The maximum Gasteiger partial charge on any atom is 0.263 e. The molecule has 21 heavy (non-hydrogen) atoms. The molecule has 0 radical (unpaired) electrons. The number of aromatic amines is 1. The lowest BCUT2D eigenvalue weighted by molar-refractivity contribution is 0.0985. The highest BCUT2D eigenvalue weighted by molar-refractivity contribution is 6.06. The van der Waals surface area contributed by atoms with Crippen LogP contribution < -0.4 is 10.3 Å². The van der Waals surface area contributed by atoms with Crippen molar-refractivity contribution in [3.05, 3.63) is 63.6 Å². The third-order valence-corrected chi connectivity index (χ3v) is 3.89. The van der Waals surface area contributed by atoms with Gasteiger partial charge >= 0.3 is 0 Å². The summed E-state index contributed by atoms with van der Waals surface area (Å²) in [5.41, 5.74) is 2.84. The molecule has 1 aromatic carbocycles. The number of carbonyl (C=O) groups excluding carboxylic acids is 1. The summed E-state index contributed by atoms with van der Waals surface area (Å²) in [6.45, 7) is 2.46. The minimum absolute atomic E-state index is 0.206. The Hall–Kier alpha value is -2.36. The first-order chi connectivity index (χ1) is 10.2. The van der Waals surface area contributed by atoms with Crippen molar-refractivity contribution in [3.8, 4) is 0 Å². The van der Waals surface area contributed by atoms with Gasteiger partial charge in [0, 0.05) is 30.2 Å². The zero-order valence-corrected chi connectivity index (χ0v) is 12.1. The van der Waals surface area contributed by atoms with Gasteiger partial charge in [-0.25, -0.2) is 0 Å². The molecule has 1 aliphatic heterocycles. The lowest BCUT2D eigenvalue weighted by Crippen LogP contribution is -2.35. The maximum atomic E-state index is 12.8. The lowest BCUT2D eigenvalue weighted by atomic mass is 10.1. The van der Waals surface area contributed by atoms with Gasteiger partial charge in [-0.05, 0) is 37.8 Å². The zero-order chi connectivity index (χ0) is 14.8. The number of nitrogens with zero attached hydrogens (tertiary/aromatic N) is 1. The van der Waals surface area contributed by atoms with Crippen molar-refractivity contribution in [2.24, 2.45) is 0 Å². The van der Waals surface area contributed by atoms with Crippen molar-refractivity contribution in [2.75, 3.05) is 11.4 Å². The van der Waals surface area contributed by atoms with Crippen LogP contribution in [0.1, 0.15) is 34.5 Å². The van der Waals surface area contributed by atoms with E-state index in [1.54, 1.807) is 11.8 Å². The number of hydrogen-bond donors (Lipinski definition) is 1. The van der Waals surface area contributed by atoms with Gasteiger partial charge in [0.2, 0.25) is 0 Å². The molecule has 0 saturated heterocycles. The van der Waals surface area contributed by atoms with Crippen LogP contribution in [0.25, 0.3) is 0 Å². The second-order valence-electron chi connectivity index (χ2n) is 5.44. The number of fused-ring (bicyclic) bond motifs is 1. The van der Waals surface area contributed by atoms with Gasteiger partial charge in [0.15, 0.2) is 5.43 Å².